The standard InChI is InChI=1S/C29H48O2/c1-7-20(18(2)3)9-8-19(4)23-10-11-24-22-17-27(31)26-16-21(30)12-14-29(26,6)25(22)13-15-28(23,24)5/h18-20,22-26H,7-17H2,1-6H3/t19-,20?,22+,23?,24+,25?,26-,28-,29-/m1/s1. The van der Waals surface area contributed by atoms with Gasteiger partial charge >= 0.3 is 0 Å². The van der Waals surface area contributed by atoms with Crippen LogP contribution in [0.5, 0.6) is 0 Å². The largest absolute Gasteiger partial charge is 0.300 e. The zero-order chi connectivity index (χ0) is 22.6. The molecular formula is C29H48O2. The predicted molar refractivity (Wildman–Crippen MR) is 128 cm³/mol. The summed E-state index contributed by atoms with van der Waals surface area (Å²) in [5.74, 6) is 6.05. The fraction of sp³-hybridized carbons (Fsp3) is 0.931. The van der Waals surface area contributed by atoms with Crippen molar-refractivity contribution < 1.29 is 9.59 Å². The summed E-state index contributed by atoms with van der Waals surface area (Å²) in [4.78, 5) is 25.4. The van der Waals surface area contributed by atoms with Crippen LogP contribution < -0.4 is 0 Å². The van der Waals surface area contributed by atoms with Crippen molar-refractivity contribution >= 4 is 11.6 Å². The van der Waals surface area contributed by atoms with E-state index in [2.05, 4.69) is 41.5 Å². The molecule has 0 heterocycles. The summed E-state index contributed by atoms with van der Waals surface area (Å²) >= 11 is 0. The maximum absolute atomic E-state index is 13.3. The summed E-state index contributed by atoms with van der Waals surface area (Å²) in [7, 11) is 0. The van der Waals surface area contributed by atoms with E-state index >= 15 is 0 Å². The maximum atomic E-state index is 13.3. The predicted octanol–water partition coefficient (Wildman–Crippen LogP) is 7.49. The Balaban J connectivity index is 1.49. The molecule has 0 aliphatic heterocycles. The lowest BCUT2D eigenvalue weighted by molar-refractivity contribution is -0.159. The topological polar surface area (TPSA) is 34.1 Å². The van der Waals surface area contributed by atoms with Gasteiger partial charge < -0.3 is 0 Å². The number of hydrogen-bond acceptors (Lipinski definition) is 2. The molecule has 0 aromatic heterocycles. The molecular weight excluding hydrogens is 380 g/mol. The van der Waals surface area contributed by atoms with Crippen molar-refractivity contribution in [3.63, 3.8) is 0 Å². The maximum Gasteiger partial charge on any atom is 0.137 e. The van der Waals surface area contributed by atoms with E-state index < -0.39 is 0 Å². The number of carbonyl (C=O) groups excluding carboxylic acids is 2. The fourth-order valence-electron chi connectivity index (χ4n) is 9.50. The Morgan fingerprint density at radius 3 is 2.29 bits per heavy atom. The van der Waals surface area contributed by atoms with Gasteiger partial charge in [0.15, 0.2) is 0 Å². The molecule has 0 aromatic rings. The molecule has 2 nitrogen and oxygen atoms in total. The summed E-state index contributed by atoms with van der Waals surface area (Å²) < 4.78 is 0. The van der Waals surface area contributed by atoms with Gasteiger partial charge in [0.05, 0.1) is 0 Å². The fourth-order valence-corrected chi connectivity index (χ4v) is 9.50. The van der Waals surface area contributed by atoms with E-state index in [0.717, 1.165) is 42.4 Å². The first-order valence-corrected chi connectivity index (χ1v) is 13.7. The number of hydrogen-bond donors (Lipinski definition) is 0. The van der Waals surface area contributed by atoms with Crippen molar-refractivity contribution in [3.8, 4) is 0 Å². The lowest BCUT2D eigenvalue weighted by Gasteiger charge is -2.59. The minimum atomic E-state index is 0.0255. The third-order valence-corrected chi connectivity index (χ3v) is 11.5. The van der Waals surface area contributed by atoms with Crippen LogP contribution in [0.25, 0.3) is 0 Å². The molecule has 4 aliphatic carbocycles. The zero-order valence-electron chi connectivity index (χ0n) is 21.2. The lowest BCUT2D eigenvalue weighted by Crippen LogP contribution is -2.56. The van der Waals surface area contributed by atoms with Crippen molar-refractivity contribution in [1.82, 2.24) is 0 Å². The van der Waals surface area contributed by atoms with Gasteiger partial charge in [0.1, 0.15) is 11.6 Å². The Morgan fingerprint density at radius 1 is 0.903 bits per heavy atom. The van der Waals surface area contributed by atoms with Crippen LogP contribution in [0.1, 0.15) is 112 Å². The normalized spacial score (nSPS) is 44.5. The molecule has 0 aromatic carbocycles. The summed E-state index contributed by atoms with van der Waals surface area (Å²) in [6, 6.07) is 0. The van der Waals surface area contributed by atoms with Crippen molar-refractivity contribution in [1.29, 1.82) is 0 Å². The van der Waals surface area contributed by atoms with Gasteiger partial charge in [0, 0.05) is 25.2 Å². The molecule has 0 spiro atoms. The van der Waals surface area contributed by atoms with E-state index in [1.807, 2.05) is 0 Å². The van der Waals surface area contributed by atoms with Gasteiger partial charge in [-0.1, -0.05) is 54.4 Å². The first-order valence-electron chi connectivity index (χ1n) is 13.7. The van der Waals surface area contributed by atoms with E-state index in [4.69, 9.17) is 0 Å². The Hall–Kier alpha value is -0.660. The summed E-state index contributed by atoms with van der Waals surface area (Å²) in [6.45, 7) is 14.7. The quantitative estimate of drug-likeness (QED) is 0.439. The highest BCUT2D eigenvalue weighted by Gasteiger charge is 2.62. The first-order chi connectivity index (χ1) is 14.6. The second-order valence-corrected chi connectivity index (χ2v) is 13.0. The molecule has 4 aliphatic rings. The van der Waals surface area contributed by atoms with Crippen LogP contribution in [0.4, 0.5) is 0 Å². The van der Waals surface area contributed by atoms with Crippen molar-refractivity contribution in [2.75, 3.05) is 0 Å². The minimum Gasteiger partial charge on any atom is -0.300 e. The molecule has 9 atom stereocenters. The van der Waals surface area contributed by atoms with E-state index in [9.17, 15) is 9.59 Å². The summed E-state index contributed by atoms with van der Waals surface area (Å²) in [6.07, 6.45) is 12.4. The highest BCUT2D eigenvalue weighted by atomic mass is 16.1. The van der Waals surface area contributed by atoms with Crippen molar-refractivity contribution in [2.24, 2.45) is 58.2 Å². The summed E-state index contributed by atoms with van der Waals surface area (Å²) in [5, 5.41) is 0. The lowest BCUT2D eigenvalue weighted by atomic mass is 9.44. The van der Waals surface area contributed by atoms with Crippen LogP contribution in [0, 0.1) is 58.2 Å². The Kier molecular flexibility index (Phi) is 6.52. The van der Waals surface area contributed by atoms with Crippen LogP contribution in [0.15, 0.2) is 0 Å². The van der Waals surface area contributed by atoms with Crippen LogP contribution in [-0.4, -0.2) is 11.6 Å². The Morgan fingerprint density at radius 2 is 1.61 bits per heavy atom. The molecule has 0 radical (unpaired) electrons. The van der Waals surface area contributed by atoms with Crippen molar-refractivity contribution in [3.05, 3.63) is 0 Å². The number of ketones is 2. The van der Waals surface area contributed by atoms with Crippen LogP contribution >= 0.6 is 0 Å². The van der Waals surface area contributed by atoms with Gasteiger partial charge in [-0.15, -0.1) is 0 Å². The van der Waals surface area contributed by atoms with Crippen LogP contribution in [-0.2, 0) is 9.59 Å². The zero-order valence-corrected chi connectivity index (χ0v) is 21.2. The molecule has 4 fully saturated rings. The van der Waals surface area contributed by atoms with Crippen LogP contribution in [0.3, 0.4) is 0 Å². The first kappa shape index (κ1) is 23.5. The second kappa shape index (κ2) is 8.60. The molecule has 2 heteroatoms. The molecule has 3 unspecified atom stereocenters. The van der Waals surface area contributed by atoms with Gasteiger partial charge in [-0.05, 0) is 90.8 Å². The van der Waals surface area contributed by atoms with Gasteiger partial charge in [-0.25, -0.2) is 0 Å². The van der Waals surface area contributed by atoms with Gasteiger partial charge in [-0.3, -0.25) is 9.59 Å². The Bertz CT molecular complexity index is 695. The van der Waals surface area contributed by atoms with E-state index in [-0.39, 0.29) is 11.3 Å². The second-order valence-electron chi connectivity index (χ2n) is 13.0. The van der Waals surface area contributed by atoms with Gasteiger partial charge in [0.2, 0.25) is 0 Å². The number of rotatable bonds is 6. The van der Waals surface area contributed by atoms with E-state index in [0.29, 0.717) is 41.7 Å². The molecule has 0 saturated heterocycles. The molecule has 4 saturated carbocycles. The van der Waals surface area contributed by atoms with Gasteiger partial charge in [0.25, 0.3) is 0 Å². The molecule has 176 valence electrons. The van der Waals surface area contributed by atoms with Crippen molar-refractivity contribution in [2.45, 2.75) is 112 Å². The highest BCUT2D eigenvalue weighted by Crippen LogP contribution is 2.67. The smallest absolute Gasteiger partial charge is 0.137 e. The third kappa shape index (κ3) is 3.86. The number of carbonyl (C=O) groups is 2. The SMILES string of the molecule is CCC(CC[C@@H](C)C1CC[C@H]2[C@@H]3CC(=O)[C@H]4CC(=O)CC[C@]4(C)C3CC[C@]12C)C(C)C. The average molecular weight is 429 g/mol. The Labute approximate surface area is 191 Å². The summed E-state index contributed by atoms with van der Waals surface area (Å²) in [5.41, 5.74) is 0.513. The molecule has 4 rings (SSSR count). The number of Topliss-reactive ketones (excluding diaryl/α,β-unsaturated/α-hetero) is 2. The minimum absolute atomic E-state index is 0.0255. The molecule has 0 N–H and O–H groups in total. The van der Waals surface area contributed by atoms with Crippen LogP contribution in [0.2, 0.25) is 0 Å². The third-order valence-electron chi connectivity index (χ3n) is 11.5. The van der Waals surface area contributed by atoms with E-state index in [1.165, 1.54) is 44.9 Å². The monoisotopic (exact) mass is 428 g/mol. The highest BCUT2D eigenvalue weighted by molar-refractivity contribution is 5.90. The number of fused-ring (bicyclic) bond motifs is 5. The molecule has 0 amide bonds. The average Bonchev–Trinajstić information content (AvgIpc) is 3.07. The van der Waals surface area contributed by atoms with E-state index in [1.54, 1.807) is 0 Å². The molecule has 0 bridgehead atoms. The van der Waals surface area contributed by atoms with Gasteiger partial charge in [-0.2, -0.15) is 0 Å². The molecule has 31 heavy (non-hydrogen) atoms.